The predicted molar refractivity (Wildman–Crippen MR) is 117 cm³/mol. The van der Waals surface area contributed by atoms with Gasteiger partial charge in [-0.05, 0) is 38.3 Å². The van der Waals surface area contributed by atoms with Gasteiger partial charge >= 0.3 is 5.97 Å². The zero-order valence-electron chi connectivity index (χ0n) is 17.8. The Morgan fingerprint density at radius 1 is 1.23 bits per heavy atom. The van der Waals surface area contributed by atoms with E-state index in [1.54, 1.807) is 19.1 Å². The zero-order chi connectivity index (χ0) is 21.3. The van der Waals surface area contributed by atoms with E-state index in [1.807, 2.05) is 6.20 Å². The lowest BCUT2D eigenvalue weighted by Crippen LogP contribution is -2.34. The van der Waals surface area contributed by atoms with Crippen LogP contribution in [0.1, 0.15) is 48.0 Å². The van der Waals surface area contributed by atoms with Crippen molar-refractivity contribution in [3.8, 4) is 5.75 Å². The van der Waals surface area contributed by atoms with Crippen molar-refractivity contribution < 1.29 is 14.6 Å². The van der Waals surface area contributed by atoms with E-state index in [2.05, 4.69) is 27.1 Å². The molecule has 0 bridgehead atoms. The zero-order valence-corrected chi connectivity index (χ0v) is 17.8. The molecule has 0 unspecified atom stereocenters. The van der Waals surface area contributed by atoms with Crippen molar-refractivity contribution in [3.63, 3.8) is 0 Å². The first-order valence-corrected chi connectivity index (χ1v) is 10.5. The molecule has 2 aromatic rings. The fourth-order valence-electron chi connectivity index (χ4n) is 4.59. The van der Waals surface area contributed by atoms with Crippen LogP contribution >= 0.6 is 0 Å². The molecule has 8 heteroatoms. The summed E-state index contributed by atoms with van der Waals surface area (Å²) < 4.78 is 5.49. The van der Waals surface area contributed by atoms with Crippen molar-refractivity contribution in [3.05, 3.63) is 29.5 Å². The van der Waals surface area contributed by atoms with E-state index in [9.17, 15) is 9.90 Å². The van der Waals surface area contributed by atoms with Crippen molar-refractivity contribution in [2.24, 2.45) is 0 Å². The molecule has 1 saturated carbocycles. The smallest absolute Gasteiger partial charge is 0.336 e. The van der Waals surface area contributed by atoms with Crippen LogP contribution in [0, 0.1) is 6.92 Å². The summed E-state index contributed by atoms with van der Waals surface area (Å²) in [4.78, 5) is 25.5. The Kier molecular flexibility index (Phi) is 5.65. The maximum atomic E-state index is 11.4. The number of nitrogens with one attached hydrogen (secondary N) is 1. The summed E-state index contributed by atoms with van der Waals surface area (Å²) in [6.45, 7) is 3.71. The van der Waals surface area contributed by atoms with Crippen LogP contribution in [-0.2, 0) is 0 Å². The van der Waals surface area contributed by atoms with Gasteiger partial charge in [-0.25, -0.2) is 9.78 Å². The first-order chi connectivity index (χ1) is 14.5. The third kappa shape index (κ3) is 3.74. The summed E-state index contributed by atoms with van der Waals surface area (Å²) in [5, 5.41) is 12.6. The average Bonchev–Trinajstić information content (AvgIpc) is 3.20. The lowest BCUT2D eigenvalue weighted by Gasteiger charge is -2.30. The first kappa shape index (κ1) is 20.3. The molecule has 0 amide bonds. The summed E-state index contributed by atoms with van der Waals surface area (Å²) in [5.41, 5.74) is 2.48. The van der Waals surface area contributed by atoms with Crippen molar-refractivity contribution in [2.75, 3.05) is 42.4 Å². The number of carboxylic acid groups (broad SMARTS) is 1. The van der Waals surface area contributed by atoms with Crippen molar-refractivity contribution in [1.82, 2.24) is 9.97 Å². The first-order valence-electron chi connectivity index (χ1n) is 10.5. The second-order valence-corrected chi connectivity index (χ2v) is 8.06. The van der Waals surface area contributed by atoms with Crippen LogP contribution < -0.4 is 19.9 Å². The highest BCUT2D eigenvalue weighted by molar-refractivity contribution is 5.91. The molecule has 8 nitrogen and oxygen atoms in total. The number of rotatable bonds is 5. The number of hydrogen-bond donors (Lipinski definition) is 2. The molecule has 1 aromatic carbocycles. The van der Waals surface area contributed by atoms with Gasteiger partial charge in [0.05, 0.1) is 30.2 Å². The van der Waals surface area contributed by atoms with Gasteiger partial charge in [-0.3, -0.25) is 0 Å². The molecule has 2 N–H and O–H groups in total. The largest absolute Gasteiger partial charge is 0.494 e. The second kappa shape index (κ2) is 8.38. The number of carboxylic acids is 1. The van der Waals surface area contributed by atoms with Crippen LogP contribution in [-0.4, -0.2) is 54.3 Å². The highest BCUT2D eigenvalue weighted by atomic mass is 16.5. The third-order valence-corrected chi connectivity index (χ3v) is 6.18. The van der Waals surface area contributed by atoms with Gasteiger partial charge in [-0.1, -0.05) is 12.8 Å². The van der Waals surface area contributed by atoms with Gasteiger partial charge < -0.3 is 25.0 Å². The number of nitrogens with zero attached hydrogens (tertiary/aromatic N) is 4. The van der Waals surface area contributed by atoms with Gasteiger partial charge in [-0.15, -0.1) is 0 Å². The van der Waals surface area contributed by atoms with Gasteiger partial charge in [0.1, 0.15) is 5.75 Å². The number of methoxy groups -OCH3 is 1. The number of carbonyl (C=O) groups is 1. The molecule has 1 aliphatic heterocycles. The van der Waals surface area contributed by atoms with E-state index in [-0.39, 0.29) is 5.56 Å². The monoisotopic (exact) mass is 411 g/mol. The van der Waals surface area contributed by atoms with Crippen LogP contribution in [0.15, 0.2) is 18.3 Å². The summed E-state index contributed by atoms with van der Waals surface area (Å²) in [7, 11) is 3.62. The SMILES string of the molecule is COc1c(Nc2ncc3c(n2)N(C2CCCC2)CCCN3C)ccc(C(=O)O)c1C. The Labute approximate surface area is 176 Å². The molecule has 0 atom stereocenters. The van der Waals surface area contributed by atoms with Crippen molar-refractivity contribution in [1.29, 1.82) is 0 Å². The molecule has 30 heavy (non-hydrogen) atoms. The normalized spacial score (nSPS) is 16.9. The van der Waals surface area contributed by atoms with Crippen LogP contribution in [0.3, 0.4) is 0 Å². The highest BCUT2D eigenvalue weighted by Crippen LogP contribution is 2.37. The summed E-state index contributed by atoms with van der Waals surface area (Å²) in [6.07, 6.45) is 7.93. The quantitative estimate of drug-likeness (QED) is 0.767. The van der Waals surface area contributed by atoms with E-state index in [0.717, 1.165) is 31.0 Å². The molecule has 2 heterocycles. The molecule has 4 rings (SSSR count). The molecule has 0 radical (unpaired) electrons. The fraction of sp³-hybridized carbons (Fsp3) is 0.500. The minimum atomic E-state index is -0.978. The number of benzene rings is 1. The average molecular weight is 412 g/mol. The molecular weight excluding hydrogens is 382 g/mol. The van der Waals surface area contributed by atoms with Crippen LogP contribution in [0.2, 0.25) is 0 Å². The molecular formula is C22H29N5O3. The molecule has 0 spiro atoms. The molecule has 2 aliphatic rings. The molecule has 1 aromatic heterocycles. The second-order valence-electron chi connectivity index (χ2n) is 8.06. The van der Waals surface area contributed by atoms with Crippen LogP contribution in [0.4, 0.5) is 23.1 Å². The molecule has 1 aliphatic carbocycles. The molecule has 160 valence electrons. The van der Waals surface area contributed by atoms with Crippen molar-refractivity contribution in [2.45, 2.75) is 45.1 Å². The Balaban J connectivity index is 1.70. The van der Waals surface area contributed by atoms with Gasteiger partial charge in [0.2, 0.25) is 5.95 Å². The number of aromatic carboxylic acids is 1. The number of fused-ring (bicyclic) bond motifs is 1. The van der Waals surface area contributed by atoms with Gasteiger partial charge in [-0.2, -0.15) is 4.98 Å². The van der Waals surface area contributed by atoms with Gasteiger partial charge in [0.15, 0.2) is 5.82 Å². The van der Waals surface area contributed by atoms with E-state index in [0.29, 0.717) is 29.0 Å². The van der Waals surface area contributed by atoms with Crippen LogP contribution in [0.5, 0.6) is 5.75 Å². The highest BCUT2D eigenvalue weighted by Gasteiger charge is 2.29. The van der Waals surface area contributed by atoms with Gasteiger partial charge in [0, 0.05) is 31.7 Å². The Morgan fingerprint density at radius 3 is 2.70 bits per heavy atom. The van der Waals surface area contributed by atoms with Gasteiger partial charge in [0.25, 0.3) is 0 Å². The minimum absolute atomic E-state index is 0.217. The predicted octanol–water partition coefficient (Wildman–Crippen LogP) is 3.82. The van der Waals surface area contributed by atoms with Crippen molar-refractivity contribution >= 4 is 29.1 Å². The van der Waals surface area contributed by atoms with Crippen LogP contribution in [0.25, 0.3) is 0 Å². The summed E-state index contributed by atoms with van der Waals surface area (Å²) in [6, 6.07) is 3.81. The van der Waals surface area contributed by atoms with E-state index in [4.69, 9.17) is 9.72 Å². The van der Waals surface area contributed by atoms with E-state index >= 15 is 0 Å². The maximum Gasteiger partial charge on any atom is 0.336 e. The number of aromatic nitrogens is 2. The summed E-state index contributed by atoms with van der Waals surface area (Å²) in [5.74, 6) is 0.956. The van der Waals surface area contributed by atoms with E-state index in [1.165, 1.54) is 32.8 Å². The topological polar surface area (TPSA) is 90.8 Å². The maximum absolute atomic E-state index is 11.4. The molecule has 0 saturated heterocycles. The lowest BCUT2D eigenvalue weighted by molar-refractivity contribution is 0.0695. The summed E-state index contributed by atoms with van der Waals surface area (Å²) >= 11 is 0. The Morgan fingerprint density at radius 2 is 2.00 bits per heavy atom. The number of ether oxygens (including phenoxy) is 1. The Hall–Kier alpha value is -3.03. The number of anilines is 4. The molecule has 1 fully saturated rings. The number of hydrogen-bond acceptors (Lipinski definition) is 7. The minimum Gasteiger partial charge on any atom is -0.494 e. The standard InChI is InChI=1S/C22H29N5O3/c1-14-16(21(28)29)9-10-17(19(14)30-3)24-22-23-13-18-20(25-22)27(12-6-11-26(18)2)15-7-4-5-8-15/h9-10,13,15H,4-8,11-12H2,1-3H3,(H,28,29)(H,23,24,25). The Bertz CT molecular complexity index is 943. The van der Waals surface area contributed by atoms with E-state index < -0.39 is 5.97 Å². The lowest BCUT2D eigenvalue weighted by atomic mass is 10.1. The third-order valence-electron chi connectivity index (χ3n) is 6.18. The fourth-order valence-corrected chi connectivity index (χ4v) is 4.59.